The lowest BCUT2D eigenvalue weighted by Gasteiger charge is -2.32. The van der Waals surface area contributed by atoms with E-state index in [4.69, 9.17) is 4.74 Å². The summed E-state index contributed by atoms with van der Waals surface area (Å²) in [6.07, 6.45) is 6.03. The molecule has 1 aromatic heterocycles. The SMILES string of the molecule is COCCn1ncc(Br)c1C(C)(O)CC1CCCCN1. The molecule has 0 bridgehead atoms. The van der Waals surface area contributed by atoms with Gasteiger partial charge in [0.1, 0.15) is 5.60 Å². The summed E-state index contributed by atoms with van der Waals surface area (Å²) in [5, 5.41) is 18.7. The number of aliphatic hydroxyl groups is 1. The van der Waals surface area contributed by atoms with E-state index in [1.54, 1.807) is 13.3 Å². The van der Waals surface area contributed by atoms with Crippen molar-refractivity contribution in [2.24, 2.45) is 0 Å². The van der Waals surface area contributed by atoms with Crippen LogP contribution < -0.4 is 5.32 Å². The van der Waals surface area contributed by atoms with Gasteiger partial charge in [0.2, 0.25) is 0 Å². The molecule has 2 heterocycles. The molecule has 2 atom stereocenters. The molecular formula is C14H24BrN3O2. The number of methoxy groups -OCH3 is 1. The zero-order valence-electron chi connectivity index (χ0n) is 12.2. The summed E-state index contributed by atoms with van der Waals surface area (Å²) >= 11 is 3.51. The van der Waals surface area contributed by atoms with Crippen LogP contribution in [0.2, 0.25) is 0 Å². The van der Waals surface area contributed by atoms with Crippen molar-refractivity contribution in [2.45, 2.75) is 50.8 Å². The molecular weight excluding hydrogens is 322 g/mol. The molecule has 0 radical (unpaired) electrons. The average molecular weight is 346 g/mol. The van der Waals surface area contributed by atoms with Gasteiger partial charge in [0.25, 0.3) is 0 Å². The van der Waals surface area contributed by atoms with Crippen molar-refractivity contribution in [3.8, 4) is 0 Å². The van der Waals surface area contributed by atoms with E-state index in [2.05, 4.69) is 26.3 Å². The Hall–Kier alpha value is -0.430. The second kappa shape index (κ2) is 7.02. The van der Waals surface area contributed by atoms with Gasteiger partial charge < -0.3 is 15.2 Å². The van der Waals surface area contributed by atoms with Crippen molar-refractivity contribution in [2.75, 3.05) is 20.3 Å². The Morgan fingerprint density at radius 2 is 2.40 bits per heavy atom. The smallest absolute Gasteiger partial charge is 0.106 e. The minimum atomic E-state index is -0.905. The van der Waals surface area contributed by atoms with E-state index in [-0.39, 0.29) is 0 Å². The van der Waals surface area contributed by atoms with Crippen LogP contribution in [0.3, 0.4) is 0 Å². The largest absolute Gasteiger partial charge is 0.384 e. The fourth-order valence-corrected chi connectivity index (χ4v) is 3.64. The molecule has 0 saturated carbocycles. The van der Waals surface area contributed by atoms with Crippen LogP contribution in [0.4, 0.5) is 0 Å². The second-order valence-electron chi connectivity index (χ2n) is 5.68. The Labute approximate surface area is 128 Å². The molecule has 1 saturated heterocycles. The summed E-state index contributed by atoms with van der Waals surface area (Å²) in [5.74, 6) is 0. The van der Waals surface area contributed by atoms with Gasteiger partial charge >= 0.3 is 0 Å². The van der Waals surface area contributed by atoms with E-state index in [0.29, 0.717) is 25.6 Å². The molecule has 2 rings (SSSR count). The molecule has 0 aliphatic carbocycles. The van der Waals surface area contributed by atoms with Crippen LogP contribution in [0, 0.1) is 0 Å². The van der Waals surface area contributed by atoms with Gasteiger partial charge in [0, 0.05) is 13.2 Å². The fraction of sp³-hybridized carbons (Fsp3) is 0.786. The van der Waals surface area contributed by atoms with Gasteiger partial charge in [-0.05, 0) is 48.7 Å². The number of aromatic nitrogens is 2. The normalized spacial score (nSPS) is 22.7. The minimum absolute atomic E-state index is 0.372. The first-order chi connectivity index (χ1) is 9.54. The summed E-state index contributed by atoms with van der Waals surface area (Å²) in [6, 6.07) is 0.372. The molecule has 114 valence electrons. The Balaban J connectivity index is 2.12. The van der Waals surface area contributed by atoms with Crippen LogP contribution in [-0.4, -0.2) is 41.2 Å². The number of nitrogens with one attached hydrogen (secondary N) is 1. The highest BCUT2D eigenvalue weighted by atomic mass is 79.9. The summed E-state index contributed by atoms with van der Waals surface area (Å²) in [4.78, 5) is 0. The first-order valence-electron chi connectivity index (χ1n) is 7.21. The Morgan fingerprint density at radius 1 is 1.60 bits per heavy atom. The Kier molecular flexibility index (Phi) is 5.60. The number of hydrogen-bond acceptors (Lipinski definition) is 4. The van der Waals surface area contributed by atoms with Gasteiger partial charge in [-0.3, -0.25) is 4.68 Å². The summed E-state index contributed by atoms with van der Waals surface area (Å²) < 4.78 is 7.79. The molecule has 0 spiro atoms. The zero-order valence-corrected chi connectivity index (χ0v) is 13.8. The summed E-state index contributed by atoms with van der Waals surface area (Å²) in [5.41, 5.74) is -0.0696. The molecule has 1 aliphatic rings. The molecule has 0 aromatic carbocycles. The van der Waals surface area contributed by atoms with E-state index < -0.39 is 5.60 Å². The lowest BCUT2D eigenvalue weighted by Crippen LogP contribution is -2.40. The number of halogens is 1. The van der Waals surface area contributed by atoms with Crippen molar-refractivity contribution < 1.29 is 9.84 Å². The highest BCUT2D eigenvalue weighted by Gasteiger charge is 2.33. The van der Waals surface area contributed by atoms with Crippen LogP contribution in [-0.2, 0) is 16.9 Å². The highest BCUT2D eigenvalue weighted by Crippen LogP contribution is 2.33. The van der Waals surface area contributed by atoms with Gasteiger partial charge in [-0.25, -0.2) is 0 Å². The molecule has 5 nitrogen and oxygen atoms in total. The Morgan fingerprint density at radius 3 is 3.05 bits per heavy atom. The van der Waals surface area contributed by atoms with E-state index in [1.807, 2.05) is 11.6 Å². The molecule has 0 amide bonds. The van der Waals surface area contributed by atoms with Crippen molar-refractivity contribution in [1.29, 1.82) is 0 Å². The van der Waals surface area contributed by atoms with Crippen LogP contribution in [0.1, 0.15) is 38.3 Å². The summed E-state index contributed by atoms with van der Waals surface area (Å²) in [7, 11) is 1.67. The third-order valence-electron chi connectivity index (χ3n) is 3.87. The quantitative estimate of drug-likeness (QED) is 0.828. The predicted molar refractivity (Wildman–Crippen MR) is 81.6 cm³/mol. The lowest BCUT2D eigenvalue weighted by atomic mass is 9.89. The predicted octanol–water partition coefficient (Wildman–Crippen LogP) is 2.03. The van der Waals surface area contributed by atoms with E-state index in [9.17, 15) is 5.11 Å². The first kappa shape index (κ1) is 15.9. The van der Waals surface area contributed by atoms with Crippen molar-refractivity contribution in [3.05, 3.63) is 16.4 Å². The topological polar surface area (TPSA) is 59.3 Å². The van der Waals surface area contributed by atoms with E-state index in [0.717, 1.165) is 23.1 Å². The molecule has 1 aliphatic heterocycles. The van der Waals surface area contributed by atoms with Crippen molar-refractivity contribution >= 4 is 15.9 Å². The van der Waals surface area contributed by atoms with Crippen LogP contribution in [0.15, 0.2) is 10.7 Å². The molecule has 6 heteroatoms. The fourth-order valence-electron chi connectivity index (χ4n) is 2.92. The second-order valence-corrected chi connectivity index (χ2v) is 6.54. The maximum Gasteiger partial charge on any atom is 0.106 e. The number of piperidine rings is 1. The third-order valence-corrected chi connectivity index (χ3v) is 4.45. The number of rotatable bonds is 6. The minimum Gasteiger partial charge on any atom is -0.384 e. The van der Waals surface area contributed by atoms with Gasteiger partial charge in [0.05, 0.1) is 29.5 Å². The van der Waals surface area contributed by atoms with Crippen molar-refractivity contribution in [1.82, 2.24) is 15.1 Å². The first-order valence-corrected chi connectivity index (χ1v) is 8.00. The molecule has 2 unspecified atom stereocenters. The highest BCUT2D eigenvalue weighted by molar-refractivity contribution is 9.10. The monoisotopic (exact) mass is 345 g/mol. The van der Waals surface area contributed by atoms with E-state index >= 15 is 0 Å². The molecule has 20 heavy (non-hydrogen) atoms. The number of ether oxygens (including phenoxy) is 1. The van der Waals surface area contributed by atoms with Gasteiger partial charge in [0.15, 0.2) is 0 Å². The van der Waals surface area contributed by atoms with Crippen LogP contribution in [0.25, 0.3) is 0 Å². The number of nitrogens with zero attached hydrogens (tertiary/aromatic N) is 2. The number of hydrogen-bond donors (Lipinski definition) is 2. The molecule has 2 N–H and O–H groups in total. The summed E-state index contributed by atoms with van der Waals surface area (Å²) in [6.45, 7) is 4.14. The molecule has 1 aromatic rings. The van der Waals surface area contributed by atoms with Crippen molar-refractivity contribution in [3.63, 3.8) is 0 Å². The Bertz CT molecular complexity index is 428. The van der Waals surface area contributed by atoms with E-state index in [1.165, 1.54) is 12.8 Å². The molecule has 1 fully saturated rings. The van der Waals surface area contributed by atoms with Gasteiger partial charge in [-0.1, -0.05) is 6.42 Å². The maximum atomic E-state index is 10.9. The maximum absolute atomic E-state index is 10.9. The third kappa shape index (κ3) is 3.81. The lowest BCUT2D eigenvalue weighted by molar-refractivity contribution is 0.0225. The average Bonchev–Trinajstić information content (AvgIpc) is 2.79. The van der Waals surface area contributed by atoms with Crippen LogP contribution >= 0.6 is 15.9 Å². The standard InChI is InChI=1S/C14H24BrN3O2/c1-14(19,9-11-5-3-4-6-16-11)13-12(15)10-17-18(13)7-8-20-2/h10-11,16,19H,3-9H2,1-2H3. The van der Waals surface area contributed by atoms with Gasteiger partial charge in [-0.2, -0.15) is 5.10 Å². The van der Waals surface area contributed by atoms with Crippen LogP contribution in [0.5, 0.6) is 0 Å². The van der Waals surface area contributed by atoms with Gasteiger partial charge in [-0.15, -0.1) is 0 Å². The zero-order chi connectivity index (χ0) is 14.6.